The lowest BCUT2D eigenvalue weighted by molar-refractivity contribution is -0.123. The van der Waals surface area contributed by atoms with Crippen molar-refractivity contribution in [3.8, 4) is 33.9 Å². The van der Waals surface area contributed by atoms with Crippen LogP contribution in [0.15, 0.2) is 61.3 Å². The number of hydrogen-bond donors (Lipinski definition) is 3. The minimum absolute atomic E-state index is 0.0834. The number of amides is 1. The summed E-state index contributed by atoms with van der Waals surface area (Å²) in [6, 6.07) is 8.15. The average Bonchev–Trinajstić information content (AvgIpc) is 3.59. The molecule has 5 heterocycles. The molecule has 0 bridgehead atoms. The van der Waals surface area contributed by atoms with Crippen molar-refractivity contribution >= 4 is 43.4 Å². The van der Waals surface area contributed by atoms with Crippen LogP contribution < -0.4 is 5.32 Å². The lowest BCUT2D eigenvalue weighted by Gasteiger charge is -2.17. The zero-order chi connectivity index (χ0) is 31.2. The Bertz CT molecular complexity index is 2170. The quantitative estimate of drug-likeness (QED) is 0.218. The van der Waals surface area contributed by atoms with Crippen molar-refractivity contribution in [2.75, 3.05) is 17.3 Å². The number of rotatable bonds is 7. The summed E-state index contributed by atoms with van der Waals surface area (Å²) in [4.78, 5) is 33.7. The zero-order valence-electron chi connectivity index (χ0n) is 24.4. The number of fused-ring (bicyclic) bond motifs is 2. The maximum absolute atomic E-state index is 14.6. The first-order chi connectivity index (χ1) is 20.8. The standard InChI is InChI=1S/C31H29FN8O3S/c1-31(2,3)30(41)36-21-10-19(12-33-13-21)24-11-22-25(16-35-24)39-40-28(22)29-37-26-15-34-14-23(27(26)38-29)18-7-17(8-20(32)9-18)5-6-44(4,42)43/h7-16H,5-6H2,1-4H3,(H,36,41)(H,37,38)(H,39,40). The second kappa shape index (κ2) is 10.9. The number of aryl methyl sites for hydroxylation is 1. The molecule has 44 heavy (non-hydrogen) atoms. The number of aromatic nitrogens is 7. The summed E-state index contributed by atoms with van der Waals surface area (Å²) in [6.45, 7) is 5.51. The summed E-state index contributed by atoms with van der Waals surface area (Å²) in [7, 11) is -3.21. The predicted molar refractivity (Wildman–Crippen MR) is 167 cm³/mol. The number of carbonyl (C=O) groups excluding carboxylic acids is 1. The van der Waals surface area contributed by atoms with Gasteiger partial charge in [0.15, 0.2) is 5.82 Å². The Kier molecular flexibility index (Phi) is 7.20. The molecule has 0 fully saturated rings. The van der Waals surface area contributed by atoms with Crippen LogP contribution in [-0.4, -0.2) is 61.5 Å². The van der Waals surface area contributed by atoms with Crippen LogP contribution in [0, 0.1) is 11.2 Å². The Hall–Kier alpha value is -5.04. The summed E-state index contributed by atoms with van der Waals surface area (Å²) in [5, 5.41) is 11.1. The number of aromatic amines is 2. The van der Waals surface area contributed by atoms with Crippen LogP contribution in [-0.2, 0) is 21.1 Å². The maximum Gasteiger partial charge on any atom is 0.229 e. The van der Waals surface area contributed by atoms with Gasteiger partial charge < -0.3 is 10.3 Å². The van der Waals surface area contributed by atoms with Gasteiger partial charge >= 0.3 is 0 Å². The topological polar surface area (TPSA) is 159 Å². The molecule has 1 aromatic carbocycles. The maximum atomic E-state index is 14.6. The molecule has 5 aromatic heterocycles. The van der Waals surface area contributed by atoms with Crippen LogP contribution in [0.2, 0.25) is 0 Å². The van der Waals surface area contributed by atoms with Gasteiger partial charge in [-0.05, 0) is 41.8 Å². The number of imidazole rings is 1. The van der Waals surface area contributed by atoms with E-state index in [-0.39, 0.29) is 18.1 Å². The van der Waals surface area contributed by atoms with Crippen LogP contribution in [0.5, 0.6) is 0 Å². The Morgan fingerprint density at radius 2 is 1.75 bits per heavy atom. The second-order valence-electron chi connectivity index (χ2n) is 11.8. The summed E-state index contributed by atoms with van der Waals surface area (Å²) >= 11 is 0. The lowest BCUT2D eigenvalue weighted by Crippen LogP contribution is -2.27. The molecule has 6 aromatic rings. The highest BCUT2D eigenvalue weighted by atomic mass is 32.2. The SMILES string of the molecule is CC(C)(C)C(=O)Nc1cncc(-c2cc3c(-c4nc5c(-c6cc(F)cc(CCS(C)(=O)=O)c6)cncc5[nH]4)n[nH]c3cn2)c1. The molecule has 0 aliphatic heterocycles. The number of pyridine rings is 3. The number of nitrogens with zero attached hydrogens (tertiary/aromatic N) is 5. The Balaban J connectivity index is 1.37. The van der Waals surface area contributed by atoms with Crippen molar-refractivity contribution in [2.45, 2.75) is 27.2 Å². The predicted octanol–water partition coefficient (Wildman–Crippen LogP) is 5.34. The van der Waals surface area contributed by atoms with Gasteiger partial charge in [0.25, 0.3) is 0 Å². The van der Waals surface area contributed by atoms with E-state index >= 15 is 0 Å². The van der Waals surface area contributed by atoms with Gasteiger partial charge in [0, 0.05) is 40.6 Å². The molecule has 6 rings (SSSR count). The smallest absolute Gasteiger partial charge is 0.229 e. The monoisotopic (exact) mass is 612 g/mol. The van der Waals surface area contributed by atoms with Crippen molar-refractivity contribution < 1.29 is 17.6 Å². The van der Waals surface area contributed by atoms with Crippen LogP contribution in [0.25, 0.3) is 55.8 Å². The molecular formula is C31H29FN8O3S. The molecule has 0 aliphatic rings. The fourth-order valence-electron chi connectivity index (χ4n) is 4.73. The van der Waals surface area contributed by atoms with E-state index in [9.17, 15) is 17.6 Å². The molecule has 0 unspecified atom stereocenters. The number of hydrogen-bond acceptors (Lipinski definition) is 8. The number of nitrogens with one attached hydrogen (secondary N) is 3. The van der Waals surface area contributed by atoms with E-state index in [4.69, 9.17) is 4.98 Å². The van der Waals surface area contributed by atoms with Gasteiger partial charge in [0.05, 0.1) is 52.3 Å². The van der Waals surface area contributed by atoms with E-state index in [0.29, 0.717) is 61.7 Å². The van der Waals surface area contributed by atoms with E-state index in [1.54, 1.807) is 37.1 Å². The number of carbonyl (C=O) groups is 1. The van der Waals surface area contributed by atoms with E-state index < -0.39 is 21.1 Å². The number of halogens is 1. The van der Waals surface area contributed by atoms with E-state index in [0.717, 1.165) is 11.6 Å². The zero-order valence-corrected chi connectivity index (χ0v) is 25.3. The highest BCUT2D eigenvalue weighted by molar-refractivity contribution is 7.90. The first-order valence-corrected chi connectivity index (χ1v) is 15.8. The van der Waals surface area contributed by atoms with Crippen molar-refractivity contribution in [3.63, 3.8) is 0 Å². The molecule has 0 radical (unpaired) electrons. The Labute approximate surface area is 252 Å². The summed E-state index contributed by atoms with van der Waals surface area (Å²) in [5.74, 6) is -0.219. The molecule has 0 aliphatic carbocycles. The third-order valence-corrected chi connectivity index (χ3v) is 8.01. The molecule has 1 amide bonds. The minimum Gasteiger partial charge on any atom is -0.335 e. The second-order valence-corrected chi connectivity index (χ2v) is 14.0. The number of anilines is 1. The van der Waals surface area contributed by atoms with Gasteiger partial charge in [-0.1, -0.05) is 26.8 Å². The van der Waals surface area contributed by atoms with Gasteiger partial charge in [0.2, 0.25) is 5.91 Å². The summed E-state index contributed by atoms with van der Waals surface area (Å²) in [6.07, 6.45) is 9.50. The minimum atomic E-state index is -3.21. The molecule has 0 spiro atoms. The van der Waals surface area contributed by atoms with E-state index in [2.05, 4.69) is 35.5 Å². The number of benzene rings is 1. The number of sulfone groups is 1. The highest BCUT2D eigenvalue weighted by Crippen LogP contribution is 2.33. The first kappa shape index (κ1) is 29.1. The first-order valence-electron chi connectivity index (χ1n) is 13.8. The van der Waals surface area contributed by atoms with Gasteiger partial charge in [-0.3, -0.25) is 24.8 Å². The fraction of sp³-hybridized carbons (Fsp3) is 0.226. The van der Waals surface area contributed by atoms with Gasteiger partial charge in [0.1, 0.15) is 21.3 Å². The molecule has 0 saturated carbocycles. The molecule has 0 saturated heterocycles. The van der Waals surface area contributed by atoms with Crippen molar-refractivity contribution in [1.82, 2.24) is 35.1 Å². The number of H-pyrrole nitrogens is 2. The van der Waals surface area contributed by atoms with Crippen LogP contribution >= 0.6 is 0 Å². The van der Waals surface area contributed by atoms with Crippen molar-refractivity contribution in [1.29, 1.82) is 0 Å². The normalized spacial score (nSPS) is 12.2. The van der Waals surface area contributed by atoms with Crippen molar-refractivity contribution in [3.05, 3.63) is 72.7 Å². The van der Waals surface area contributed by atoms with Crippen LogP contribution in [0.4, 0.5) is 10.1 Å². The molecule has 13 heteroatoms. The highest BCUT2D eigenvalue weighted by Gasteiger charge is 2.22. The van der Waals surface area contributed by atoms with Crippen LogP contribution in [0.1, 0.15) is 26.3 Å². The largest absolute Gasteiger partial charge is 0.335 e. The molecule has 11 nitrogen and oxygen atoms in total. The Morgan fingerprint density at radius 3 is 2.52 bits per heavy atom. The molecular weight excluding hydrogens is 583 g/mol. The van der Waals surface area contributed by atoms with Gasteiger partial charge in [-0.15, -0.1) is 0 Å². The fourth-order valence-corrected chi connectivity index (χ4v) is 5.34. The van der Waals surface area contributed by atoms with Crippen molar-refractivity contribution in [2.24, 2.45) is 5.41 Å². The molecule has 224 valence electrons. The average molecular weight is 613 g/mol. The Morgan fingerprint density at radius 1 is 0.955 bits per heavy atom. The lowest BCUT2D eigenvalue weighted by atomic mass is 9.95. The van der Waals surface area contributed by atoms with Gasteiger partial charge in [-0.2, -0.15) is 5.10 Å². The van der Waals surface area contributed by atoms with Gasteiger partial charge in [-0.25, -0.2) is 17.8 Å². The third kappa shape index (κ3) is 6.04. The van der Waals surface area contributed by atoms with Crippen LogP contribution in [0.3, 0.4) is 0 Å². The summed E-state index contributed by atoms with van der Waals surface area (Å²) < 4.78 is 37.9. The molecule has 3 N–H and O–H groups in total. The summed E-state index contributed by atoms with van der Waals surface area (Å²) in [5.41, 5.74) is 5.44. The third-order valence-electron chi connectivity index (χ3n) is 7.07. The van der Waals surface area contributed by atoms with E-state index in [1.807, 2.05) is 32.9 Å². The van der Waals surface area contributed by atoms with E-state index in [1.165, 1.54) is 12.1 Å². The molecule has 0 atom stereocenters.